The van der Waals surface area contributed by atoms with Gasteiger partial charge in [0.25, 0.3) is 0 Å². The topological polar surface area (TPSA) is 71.2 Å². The monoisotopic (exact) mass is 383 g/mol. The molecule has 0 saturated carbocycles. The van der Waals surface area contributed by atoms with Crippen molar-refractivity contribution >= 4 is 23.0 Å². The van der Waals surface area contributed by atoms with Crippen molar-refractivity contribution in [3.8, 4) is 11.5 Å². The number of alkyl halides is 4. The Labute approximate surface area is 151 Å². The number of aliphatic hydroxyl groups excluding tert-OH is 1. The molecule has 2 N–H and O–H groups in total. The molecule has 2 aromatic carbocycles. The molecular formula is C17H13ClF3N3O2. The van der Waals surface area contributed by atoms with Crippen molar-refractivity contribution < 1.29 is 22.7 Å². The van der Waals surface area contributed by atoms with Gasteiger partial charge < -0.3 is 14.8 Å². The van der Waals surface area contributed by atoms with Crippen LogP contribution in [0.2, 0.25) is 0 Å². The van der Waals surface area contributed by atoms with Crippen molar-refractivity contribution in [2.75, 3.05) is 11.2 Å². The molecule has 0 saturated heterocycles. The maximum absolute atomic E-state index is 12.7. The molecule has 26 heavy (non-hydrogen) atoms. The van der Waals surface area contributed by atoms with Crippen LogP contribution < -0.4 is 5.32 Å². The lowest BCUT2D eigenvalue weighted by Crippen LogP contribution is -2.04. The van der Waals surface area contributed by atoms with E-state index in [1.165, 1.54) is 12.1 Å². The zero-order valence-corrected chi connectivity index (χ0v) is 13.9. The van der Waals surface area contributed by atoms with Crippen LogP contribution in [0.4, 0.5) is 24.5 Å². The number of rotatable bonds is 5. The Balaban J connectivity index is 1.87. The zero-order valence-electron chi connectivity index (χ0n) is 13.2. The van der Waals surface area contributed by atoms with E-state index >= 15 is 0 Å². The van der Waals surface area contributed by atoms with Gasteiger partial charge in [0.2, 0.25) is 11.8 Å². The van der Waals surface area contributed by atoms with Crippen LogP contribution in [0.15, 0.2) is 52.9 Å². The highest BCUT2D eigenvalue weighted by Gasteiger charge is 2.30. The van der Waals surface area contributed by atoms with Crippen molar-refractivity contribution in [1.82, 2.24) is 10.2 Å². The second-order valence-corrected chi connectivity index (χ2v) is 5.67. The molecule has 5 nitrogen and oxygen atoms in total. The van der Waals surface area contributed by atoms with Crippen LogP contribution in [0, 0.1) is 0 Å². The van der Waals surface area contributed by atoms with Gasteiger partial charge in [-0.15, -0.1) is 21.8 Å². The Kier molecular flexibility index (Phi) is 5.15. The van der Waals surface area contributed by atoms with Crippen LogP contribution in [0.25, 0.3) is 11.5 Å². The molecule has 0 spiro atoms. The molecule has 3 rings (SSSR count). The van der Waals surface area contributed by atoms with Crippen LogP contribution in [-0.2, 0) is 6.18 Å². The maximum atomic E-state index is 12.7. The van der Waals surface area contributed by atoms with E-state index in [4.69, 9.17) is 16.0 Å². The molecule has 1 heterocycles. The highest BCUT2D eigenvalue weighted by Crippen LogP contribution is 2.33. The van der Waals surface area contributed by atoms with Crippen molar-refractivity contribution in [1.29, 1.82) is 0 Å². The van der Waals surface area contributed by atoms with Crippen LogP contribution >= 0.6 is 11.6 Å². The van der Waals surface area contributed by atoms with Crippen molar-refractivity contribution in [3.05, 3.63) is 60.0 Å². The minimum absolute atomic E-state index is 0.0145. The van der Waals surface area contributed by atoms with E-state index in [0.717, 1.165) is 12.1 Å². The van der Waals surface area contributed by atoms with Gasteiger partial charge >= 0.3 is 6.18 Å². The van der Waals surface area contributed by atoms with Gasteiger partial charge in [-0.05, 0) is 36.4 Å². The molecule has 9 heteroatoms. The molecule has 0 fully saturated rings. The number of hydrogen-bond donors (Lipinski definition) is 2. The molecule has 0 aliphatic rings. The highest BCUT2D eigenvalue weighted by molar-refractivity contribution is 6.18. The molecule has 1 atom stereocenters. The fourth-order valence-electron chi connectivity index (χ4n) is 2.22. The Morgan fingerprint density at radius 3 is 2.42 bits per heavy atom. The Hall–Kier alpha value is -2.58. The second-order valence-electron chi connectivity index (χ2n) is 5.36. The average molecular weight is 384 g/mol. The first-order valence-electron chi connectivity index (χ1n) is 7.49. The van der Waals surface area contributed by atoms with E-state index in [2.05, 4.69) is 15.5 Å². The van der Waals surface area contributed by atoms with Gasteiger partial charge in [-0.1, -0.05) is 12.1 Å². The molecule has 0 aliphatic heterocycles. The molecule has 1 unspecified atom stereocenters. The summed E-state index contributed by atoms with van der Waals surface area (Å²) in [5.74, 6) is 0.0473. The Morgan fingerprint density at radius 1 is 1.08 bits per heavy atom. The molecule has 0 amide bonds. The first kappa shape index (κ1) is 18.2. The number of para-hydroxylation sites is 1. The van der Waals surface area contributed by atoms with Crippen LogP contribution in [0.5, 0.6) is 0 Å². The number of hydrogen-bond acceptors (Lipinski definition) is 5. The van der Waals surface area contributed by atoms with E-state index in [1.54, 1.807) is 24.3 Å². The molecule has 136 valence electrons. The van der Waals surface area contributed by atoms with Crippen molar-refractivity contribution in [2.24, 2.45) is 0 Å². The number of halogens is 4. The van der Waals surface area contributed by atoms with Gasteiger partial charge in [-0.25, -0.2) is 0 Å². The molecule has 0 bridgehead atoms. The maximum Gasteiger partial charge on any atom is 0.416 e. The number of nitrogens with zero attached hydrogens (tertiary/aromatic N) is 2. The SMILES string of the molecule is OC(CCl)c1nnc(-c2ccccc2Nc2ccc(C(F)(F)F)cc2)o1. The van der Waals surface area contributed by atoms with Gasteiger partial charge in [-0.2, -0.15) is 13.2 Å². The normalized spacial score (nSPS) is 12.8. The summed E-state index contributed by atoms with van der Waals surface area (Å²) in [6, 6.07) is 11.6. The molecule has 3 aromatic rings. The van der Waals surface area contributed by atoms with Crippen LogP contribution in [-0.4, -0.2) is 21.2 Å². The summed E-state index contributed by atoms with van der Waals surface area (Å²) >= 11 is 5.55. The summed E-state index contributed by atoms with van der Waals surface area (Å²) in [6.45, 7) is 0. The van der Waals surface area contributed by atoms with Gasteiger partial charge in [0.05, 0.1) is 22.7 Å². The largest absolute Gasteiger partial charge is 0.418 e. The summed E-state index contributed by atoms with van der Waals surface area (Å²) in [6.07, 6.45) is -5.47. The number of aliphatic hydroxyl groups is 1. The van der Waals surface area contributed by atoms with E-state index < -0.39 is 17.8 Å². The molecule has 0 aliphatic carbocycles. The van der Waals surface area contributed by atoms with Gasteiger partial charge in [-0.3, -0.25) is 0 Å². The van der Waals surface area contributed by atoms with E-state index in [0.29, 0.717) is 16.9 Å². The van der Waals surface area contributed by atoms with E-state index in [-0.39, 0.29) is 17.7 Å². The first-order chi connectivity index (χ1) is 12.4. The quantitative estimate of drug-likeness (QED) is 0.621. The molecule has 1 aromatic heterocycles. The smallest absolute Gasteiger partial charge is 0.416 e. The third-order valence-corrected chi connectivity index (χ3v) is 3.81. The number of aromatic nitrogens is 2. The zero-order chi connectivity index (χ0) is 18.7. The third-order valence-electron chi connectivity index (χ3n) is 3.52. The second kappa shape index (κ2) is 7.35. The number of nitrogens with one attached hydrogen (secondary N) is 1. The lowest BCUT2D eigenvalue weighted by Gasteiger charge is -2.11. The predicted octanol–water partition coefficient (Wildman–Crippen LogP) is 4.77. The average Bonchev–Trinajstić information content (AvgIpc) is 3.11. The summed E-state index contributed by atoms with van der Waals surface area (Å²) < 4.78 is 43.4. The van der Waals surface area contributed by atoms with Gasteiger partial charge in [0.1, 0.15) is 6.10 Å². The van der Waals surface area contributed by atoms with E-state index in [1.807, 2.05) is 0 Å². The van der Waals surface area contributed by atoms with Crippen LogP contribution in [0.1, 0.15) is 17.6 Å². The summed E-state index contributed by atoms with van der Waals surface area (Å²) in [4.78, 5) is 0. The van der Waals surface area contributed by atoms with Crippen molar-refractivity contribution in [3.63, 3.8) is 0 Å². The standard InChI is InChI=1S/C17H13ClF3N3O2/c18-9-14(25)16-24-23-15(26-16)12-3-1-2-4-13(12)22-11-7-5-10(6-8-11)17(19,20)21/h1-8,14,22,25H,9H2. The summed E-state index contributed by atoms with van der Waals surface area (Å²) in [7, 11) is 0. The Morgan fingerprint density at radius 2 is 1.77 bits per heavy atom. The number of benzene rings is 2. The summed E-state index contributed by atoms with van der Waals surface area (Å²) in [5, 5.41) is 20.3. The fraction of sp³-hybridized carbons (Fsp3) is 0.176. The number of anilines is 2. The minimum Gasteiger partial charge on any atom is -0.418 e. The fourth-order valence-corrected chi connectivity index (χ4v) is 2.35. The lowest BCUT2D eigenvalue weighted by atomic mass is 10.1. The van der Waals surface area contributed by atoms with Gasteiger partial charge in [0, 0.05) is 5.69 Å². The van der Waals surface area contributed by atoms with Crippen molar-refractivity contribution in [2.45, 2.75) is 12.3 Å². The third kappa shape index (κ3) is 3.97. The highest BCUT2D eigenvalue weighted by atomic mass is 35.5. The summed E-state index contributed by atoms with van der Waals surface area (Å²) in [5.41, 5.74) is 0.828. The van der Waals surface area contributed by atoms with Gasteiger partial charge in [0.15, 0.2) is 0 Å². The lowest BCUT2D eigenvalue weighted by molar-refractivity contribution is -0.137. The van der Waals surface area contributed by atoms with E-state index in [9.17, 15) is 18.3 Å². The predicted molar refractivity (Wildman–Crippen MR) is 90.1 cm³/mol. The molecule has 0 radical (unpaired) electrons. The molecular weight excluding hydrogens is 371 g/mol. The Bertz CT molecular complexity index is 881. The first-order valence-corrected chi connectivity index (χ1v) is 8.03. The van der Waals surface area contributed by atoms with Crippen LogP contribution in [0.3, 0.4) is 0 Å². The minimum atomic E-state index is -4.39.